The van der Waals surface area contributed by atoms with Crippen LogP contribution in [0.4, 0.5) is 4.79 Å². The van der Waals surface area contributed by atoms with Crippen LogP contribution in [-0.4, -0.2) is 42.9 Å². The van der Waals surface area contributed by atoms with Crippen molar-refractivity contribution in [3.05, 3.63) is 35.4 Å². The number of carboxylic acids is 1. The number of amides is 2. The van der Waals surface area contributed by atoms with E-state index >= 15 is 0 Å². The smallest absolute Gasteiger partial charge is 0.335 e. The van der Waals surface area contributed by atoms with E-state index < -0.39 is 11.6 Å². The zero-order valence-corrected chi connectivity index (χ0v) is 12.6. The first-order valence-electron chi connectivity index (χ1n) is 6.74. The molecule has 0 aliphatic carbocycles. The monoisotopic (exact) mass is 294 g/mol. The summed E-state index contributed by atoms with van der Waals surface area (Å²) in [6.45, 7) is 4.50. The van der Waals surface area contributed by atoms with Crippen LogP contribution in [0.25, 0.3) is 0 Å². The first kappa shape index (κ1) is 17.0. The van der Waals surface area contributed by atoms with Crippen LogP contribution < -0.4 is 10.6 Å². The Balaban J connectivity index is 2.40. The van der Waals surface area contributed by atoms with Gasteiger partial charge in [-0.15, -0.1) is 0 Å². The summed E-state index contributed by atoms with van der Waals surface area (Å²) >= 11 is 0. The molecule has 0 bridgehead atoms. The van der Waals surface area contributed by atoms with Gasteiger partial charge in [0.25, 0.3) is 0 Å². The van der Waals surface area contributed by atoms with E-state index in [0.29, 0.717) is 25.1 Å². The minimum absolute atomic E-state index is 0.264. The van der Waals surface area contributed by atoms with E-state index in [4.69, 9.17) is 9.84 Å². The molecule has 2 amide bonds. The number of urea groups is 1. The van der Waals surface area contributed by atoms with E-state index in [1.165, 1.54) is 0 Å². The number of carbonyl (C=O) groups excluding carboxylic acids is 1. The van der Waals surface area contributed by atoms with Crippen molar-refractivity contribution >= 4 is 12.0 Å². The number of methoxy groups -OCH3 is 1. The highest BCUT2D eigenvalue weighted by molar-refractivity contribution is 5.89. The molecule has 6 heteroatoms. The van der Waals surface area contributed by atoms with Gasteiger partial charge in [-0.1, -0.05) is 18.2 Å². The molecule has 1 rings (SSSR count). The minimum atomic E-state index is -0.961. The molecule has 0 radical (unpaired) electrons. The second-order valence-electron chi connectivity index (χ2n) is 5.29. The van der Waals surface area contributed by atoms with Gasteiger partial charge in [0.1, 0.15) is 0 Å². The fraction of sp³-hybridized carbons (Fsp3) is 0.467. The normalized spacial score (nSPS) is 11.0. The van der Waals surface area contributed by atoms with E-state index in [1.807, 2.05) is 13.8 Å². The summed E-state index contributed by atoms with van der Waals surface area (Å²) in [6.07, 6.45) is 0.462. The van der Waals surface area contributed by atoms with Crippen molar-refractivity contribution in [2.75, 3.05) is 20.2 Å². The molecule has 0 spiro atoms. The average molecular weight is 294 g/mol. The Bertz CT molecular complexity index is 500. The second-order valence-corrected chi connectivity index (χ2v) is 5.29. The van der Waals surface area contributed by atoms with Crippen LogP contribution in [-0.2, 0) is 11.2 Å². The fourth-order valence-electron chi connectivity index (χ4n) is 1.69. The number of rotatable bonds is 7. The maximum absolute atomic E-state index is 11.6. The molecule has 0 unspecified atom stereocenters. The van der Waals surface area contributed by atoms with E-state index in [9.17, 15) is 9.59 Å². The van der Waals surface area contributed by atoms with Gasteiger partial charge in [0, 0.05) is 20.2 Å². The molecule has 0 saturated heterocycles. The van der Waals surface area contributed by atoms with Crippen molar-refractivity contribution in [3.63, 3.8) is 0 Å². The summed E-state index contributed by atoms with van der Waals surface area (Å²) in [6, 6.07) is 6.46. The van der Waals surface area contributed by atoms with E-state index in [2.05, 4.69) is 10.6 Å². The third kappa shape index (κ3) is 5.83. The van der Waals surface area contributed by atoms with Crippen molar-refractivity contribution in [2.45, 2.75) is 25.9 Å². The molecule has 1 aromatic carbocycles. The summed E-state index contributed by atoms with van der Waals surface area (Å²) in [5.74, 6) is -0.961. The summed E-state index contributed by atoms with van der Waals surface area (Å²) in [7, 11) is 1.59. The van der Waals surface area contributed by atoms with Crippen LogP contribution in [0.5, 0.6) is 0 Å². The Kier molecular flexibility index (Phi) is 6.17. The topological polar surface area (TPSA) is 87.7 Å². The largest absolute Gasteiger partial charge is 0.478 e. The molecule has 0 heterocycles. The molecule has 0 aliphatic rings. The molecule has 21 heavy (non-hydrogen) atoms. The molecule has 0 fully saturated rings. The maximum Gasteiger partial charge on any atom is 0.335 e. The number of aromatic carboxylic acids is 1. The lowest BCUT2D eigenvalue weighted by molar-refractivity contribution is 0.0254. The van der Waals surface area contributed by atoms with Gasteiger partial charge in [-0.3, -0.25) is 0 Å². The summed E-state index contributed by atoms with van der Waals surface area (Å²) in [5.41, 5.74) is 0.538. The van der Waals surface area contributed by atoms with Crippen molar-refractivity contribution in [2.24, 2.45) is 0 Å². The van der Waals surface area contributed by atoms with E-state index in [-0.39, 0.29) is 11.6 Å². The van der Waals surface area contributed by atoms with Gasteiger partial charge in [0.15, 0.2) is 0 Å². The minimum Gasteiger partial charge on any atom is -0.478 e. The maximum atomic E-state index is 11.6. The standard InChI is InChI=1S/C15H22N2O4/c1-15(2,21-3)10-17-14(20)16-9-8-11-6-4-5-7-12(11)13(18)19/h4-7H,8-10H2,1-3H3,(H,18,19)(H2,16,17,20). The predicted octanol–water partition coefficient (Wildman–Crippen LogP) is 1.65. The summed E-state index contributed by atoms with van der Waals surface area (Å²) < 4.78 is 5.20. The first-order chi connectivity index (χ1) is 9.85. The van der Waals surface area contributed by atoms with Gasteiger partial charge in [-0.25, -0.2) is 9.59 Å². The zero-order valence-electron chi connectivity index (χ0n) is 12.6. The first-order valence-corrected chi connectivity index (χ1v) is 6.74. The Morgan fingerprint density at radius 2 is 1.90 bits per heavy atom. The molecule has 0 aromatic heterocycles. The van der Waals surface area contributed by atoms with Gasteiger partial charge in [-0.2, -0.15) is 0 Å². The van der Waals surface area contributed by atoms with Crippen LogP contribution in [0.15, 0.2) is 24.3 Å². The van der Waals surface area contributed by atoms with Crippen LogP contribution in [0.2, 0.25) is 0 Å². The lowest BCUT2D eigenvalue weighted by Crippen LogP contribution is -2.44. The molecule has 6 nitrogen and oxygen atoms in total. The number of hydrogen-bond donors (Lipinski definition) is 3. The number of nitrogens with one attached hydrogen (secondary N) is 2. The Morgan fingerprint density at radius 1 is 1.24 bits per heavy atom. The van der Waals surface area contributed by atoms with Gasteiger partial charge in [-0.05, 0) is 31.9 Å². The lowest BCUT2D eigenvalue weighted by atomic mass is 10.0. The predicted molar refractivity (Wildman–Crippen MR) is 79.6 cm³/mol. The SMILES string of the molecule is COC(C)(C)CNC(=O)NCCc1ccccc1C(=O)O. The van der Waals surface area contributed by atoms with Crippen molar-refractivity contribution < 1.29 is 19.4 Å². The zero-order chi connectivity index (χ0) is 15.9. The van der Waals surface area contributed by atoms with Gasteiger partial charge >= 0.3 is 12.0 Å². The van der Waals surface area contributed by atoms with E-state index in [1.54, 1.807) is 31.4 Å². The van der Waals surface area contributed by atoms with Gasteiger partial charge in [0.2, 0.25) is 0 Å². The third-order valence-corrected chi connectivity index (χ3v) is 3.15. The Morgan fingerprint density at radius 3 is 2.52 bits per heavy atom. The number of benzene rings is 1. The highest BCUT2D eigenvalue weighted by Gasteiger charge is 2.17. The average Bonchev–Trinajstić information content (AvgIpc) is 2.45. The van der Waals surface area contributed by atoms with Crippen LogP contribution >= 0.6 is 0 Å². The molecule has 1 aromatic rings. The number of carboxylic acid groups (broad SMARTS) is 1. The molecule has 0 atom stereocenters. The second kappa shape index (κ2) is 7.64. The molecular weight excluding hydrogens is 272 g/mol. The Hall–Kier alpha value is -2.08. The molecule has 0 aliphatic heterocycles. The number of carbonyl (C=O) groups is 2. The van der Waals surface area contributed by atoms with Crippen molar-refractivity contribution in [3.8, 4) is 0 Å². The van der Waals surface area contributed by atoms with E-state index in [0.717, 1.165) is 0 Å². The fourth-order valence-corrected chi connectivity index (χ4v) is 1.69. The quantitative estimate of drug-likeness (QED) is 0.713. The highest BCUT2D eigenvalue weighted by Crippen LogP contribution is 2.09. The van der Waals surface area contributed by atoms with Crippen LogP contribution in [0.1, 0.15) is 29.8 Å². The molecule has 0 saturated carbocycles. The molecule has 3 N–H and O–H groups in total. The highest BCUT2D eigenvalue weighted by atomic mass is 16.5. The Labute approximate surface area is 124 Å². The summed E-state index contributed by atoms with van der Waals surface area (Å²) in [4.78, 5) is 22.7. The van der Waals surface area contributed by atoms with Crippen LogP contribution in [0.3, 0.4) is 0 Å². The number of hydrogen-bond acceptors (Lipinski definition) is 3. The third-order valence-electron chi connectivity index (χ3n) is 3.15. The molecular formula is C15H22N2O4. The van der Waals surface area contributed by atoms with Crippen LogP contribution in [0, 0.1) is 0 Å². The lowest BCUT2D eigenvalue weighted by Gasteiger charge is -2.23. The van der Waals surface area contributed by atoms with Crippen molar-refractivity contribution in [1.82, 2.24) is 10.6 Å². The molecule has 116 valence electrons. The van der Waals surface area contributed by atoms with Gasteiger partial charge < -0.3 is 20.5 Å². The summed E-state index contributed by atoms with van der Waals surface area (Å²) in [5, 5.41) is 14.5. The number of ether oxygens (including phenoxy) is 1. The van der Waals surface area contributed by atoms with Crippen molar-refractivity contribution in [1.29, 1.82) is 0 Å². The van der Waals surface area contributed by atoms with Gasteiger partial charge in [0.05, 0.1) is 11.2 Å².